The highest BCUT2D eigenvalue weighted by Gasteiger charge is 2.22. The summed E-state index contributed by atoms with van der Waals surface area (Å²) in [4.78, 5) is 4.65. The minimum absolute atomic E-state index is 1.11. The van der Waals surface area contributed by atoms with Crippen LogP contribution in [0.15, 0.2) is 267 Å². The van der Waals surface area contributed by atoms with E-state index in [0.29, 0.717) is 0 Å². The molecule has 0 radical (unpaired) electrons. The van der Waals surface area contributed by atoms with E-state index < -0.39 is 0 Å². The fraction of sp³-hybridized carbons (Fsp3) is 0. The third-order valence-corrected chi connectivity index (χ3v) is 13.0. The van der Waals surface area contributed by atoms with Crippen LogP contribution in [-0.2, 0) is 0 Å². The second-order valence-corrected chi connectivity index (χ2v) is 16.9. The number of nitrogens with zero attached hydrogens (tertiary/aromatic N) is 2. The van der Waals surface area contributed by atoms with Gasteiger partial charge in [-0.3, -0.25) is 0 Å². The van der Waals surface area contributed by atoms with Gasteiger partial charge in [0.05, 0.1) is 0 Å². The number of rotatable bonds is 10. The molecule has 0 fully saturated rings. The summed E-state index contributed by atoms with van der Waals surface area (Å²) < 4.78 is 0. The number of anilines is 6. The molecule has 12 rings (SSSR count). The molecular formula is C64H44N2. The lowest BCUT2D eigenvalue weighted by Gasteiger charge is -2.26. The van der Waals surface area contributed by atoms with Gasteiger partial charge in [0.25, 0.3) is 0 Å². The lowest BCUT2D eigenvalue weighted by atomic mass is 9.82. The zero-order chi connectivity index (χ0) is 43.8. The molecular weight excluding hydrogens is 797 g/mol. The van der Waals surface area contributed by atoms with Crippen molar-refractivity contribution in [3.63, 3.8) is 0 Å². The first-order valence-electron chi connectivity index (χ1n) is 22.7. The summed E-state index contributed by atoms with van der Waals surface area (Å²) in [6.45, 7) is 0. The Morgan fingerprint density at radius 2 is 0.394 bits per heavy atom. The van der Waals surface area contributed by atoms with Crippen LogP contribution in [0.25, 0.3) is 76.8 Å². The first-order chi connectivity index (χ1) is 32.8. The van der Waals surface area contributed by atoms with Gasteiger partial charge in [-0.15, -0.1) is 0 Å². The standard InChI is InChI=1S/C64H44N2/c1-7-19-45(20-8-1)59-43-61(47-31-35-53(36-32-47)65(49-23-11-3-12-24-49)50-25-13-4-14-26-50)57-42-40-56-60(46-21-9-2-10-22-46)44-62(58-41-39-55(59)63(57)64(56)58)48-33-37-54(38-34-48)66(51-27-15-5-16-28-51)52-29-17-6-18-30-52/h1-44H. The van der Waals surface area contributed by atoms with Crippen LogP contribution < -0.4 is 9.80 Å². The van der Waals surface area contributed by atoms with Crippen molar-refractivity contribution in [1.29, 1.82) is 0 Å². The fourth-order valence-electron chi connectivity index (χ4n) is 9.97. The van der Waals surface area contributed by atoms with Gasteiger partial charge >= 0.3 is 0 Å². The molecule has 0 saturated heterocycles. The third-order valence-electron chi connectivity index (χ3n) is 13.0. The van der Waals surface area contributed by atoms with Crippen molar-refractivity contribution in [3.05, 3.63) is 267 Å². The van der Waals surface area contributed by atoms with Crippen LogP contribution in [0.4, 0.5) is 34.1 Å². The van der Waals surface area contributed by atoms with Gasteiger partial charge in [0.1, 0.15) is 0 Å². The summed E-state index contributed by atoms with van der Waals surface area (Å²) in [5.74, 6) is 0. The molecule has 0 aliphatic carbocycles. The Morgan fingerprint density at radius 1 is 0.182 bits per heavy atom. The predicted octanol–water partition coefficient (Wildman–Crippen LogP) is 18.2. The highest BCUT2D eigenvalue weighted by atomic mass is 15.1. The van der Waals surface area contributed by atoms with Crippen molar-refractivity contribution in [2.45, 2.75) is 0 Å². The molecule has 0 spiro atoms. The van der Waals surface area contributed by atoms with E-state index >= 15 is 0 Å². The summed E-state index contributed by atoms with van der Waals surface area (Å²) >= 11 is 0. The van der Waals surface area contributed by atoms with Crippen LogP contribution in [0, 0.1) is 0 Å². The zero-order valence-corrected chi connectivity index (χ0v) is 36.3. The first-order valence-corrected chi connectivity index (χ1v) is 22.7. The smallest absolute Gasteiger partial charge is 0.0462 e. The van der Waals surface area contributed by atoms with Crippen LogP contribution in [0.2, 0.25) is 0 Å². The highest BCUT2D eigenvalue weighted by molar-refractivity contribution is 6.32. The van der Waals surface area contributed by atoms with Gasteiger partial charge in [0.2, 0.25) is 0 Å². The van der Waals surface area contributed by atoms with Gasteiger partial charge in [0.15, 0.2) is 0 Å². The van der Waals surface area contributed by atoms with Crippen LogP contribution in [-0.4, -0.2) is 0 Å². The molecule has 0 amide bonds. The fourth-order valence-corrected chi connectivity index (χ4v) is 9.97. The average Bonchev–Trinajstić information content (AvgIpc) is 3.40. The molecule has 0 N–H and O–H groups in total. The molecule has 66 heavy (non-hydrogen) atoms. The molecule has 0 aromatic heterocycles. The van der Waals surface area contributed by atoms with E-state index in [9.17, 15) is 0 Å². The molecule has 2 heteroatoms. The van der Waals surface area contributed by atoms with E-state index in [4.69, 9.17) is 0 Å². The Morgan fingerprint density at radius 3 is 0.652 bits per heavy atom. The lowest BCUT2D eigenvalue weighted by Crippen LogP contribution is -2.09. The second kappa shape index (κ2) is 16.8. The molecule has 0 bridgehead atoms. The van der Waals surface area contributed by atoms with Gasteiger partial charge in [-0.25, -0.2) is 0 Å². The number of para-hydroxylation sites is 4. The van der Waals surface area contributed by atoms with Crippen molar-refractivity contribution in [1.82, 2.24) is 0 Å². The maximum Gasteiger partial charge on any atom is 0.0462 e. The molecule has 0 aliphatic heterocycles. The normalized spacial score (nSPS) is 11.3. The summed E-state index contributed by atoms with van der Waals surface area (Å²) in [6, 6.07) is 96.8. The van der Waals surface area contributed by atoms with E-state index in [1.807, 2.05) is 0 Å². The molecule has 310 valence electrons. The van der Waals surface area contributed by atoms with Crippen LogP contribution in [0.3, 0.4) is 0 Å². The molecule has 0 atom stereocenters. The number of hydrogen-bond acceptors (Lipinski definition) is 2. The Balaban J connectivity index is 1.07. The minimum Gasteiger partial charge on any atom is -0.311 e. The number of hydrogen-bond donors (Lipinski definition) is 0. The van der Waals surface area contributed by atoms with E-state index in [-0.39, 0.29) is 0 Å². The van der Waals surface area contributed by atoms with E-state index in [0.717, 1.165) is 34.1 Å². The van der Waals surface area contributed by atoms with E-state index in [1.165, 1.54) is 76.8 Å². The highest BCUT2D eigenvalue weighted by Crippen LogP contribution is 2.49. The van der Waals surface area contributed by atoms with Gasteiger partial charge in [-0.05, 0) is 162 Å². The topological polar surface area (TPSA) is 6.48 Å². The Labute approximate surface area is 385 Å². The van der Waals surface area contributed by atoms with Gasteiger partial charge in [-0.1, -0.05) is 182 Å². The summed E-state index contributed by atoms with van der Waals surface area (Å²) in [5, 5.41) is 7.56. The zero-order valence-electron chi connectivity index (χ0n) is 36.3. The largest absolute Gasteiger partial charge is 0.311 e. The van der Waals surface area contributed by atoms with Gasteiger partial charge in [0, 0.05) is 34.1 Å². The van der Waals surface area contributed by atoms with Crippen LogP contribution in [0.1, 0.15) is 0 Å². The lowest BCUT2D eigenvalue weighted by molar-refractivity contribution is 1.28. The Kier molecular flexibility index (Phi) is 9.89. The summed E-state index contributed by atoms with van der Waals surface area (Å²) in [7, 11) is 0. The molecule has 0 unspecified atom stereocenters. The third kappa shape index (κ3) is 6.93. The number of benzene rings is 12. The molecule has 12 aromatic carbocycles. The van der Waals surface area contributed by atoms with Crippen molar-refractivity contribution in [3.8, 4) is 44.5 Å². The molecule has 2 nitrogen and oxygen atoms in total. The maximum absolute atomic E-state index is 2.42. The molecule has 0 heterocycles. The first kappa shape index (κ1) is 38.9. The van der Waals surface area contributed by atoms with Crippen LogP contribution >= 0.6 is 0 Å². The van der Waals surface area contributed by atoms with Crippen molar-refractivity contribution in [2.75, 3.05) is 9.80 Å². The predicted molar refractivity (Wildman–Crippen MR) is 281 cm³/mol. The maximum atomic E-state index is 2.42. The van der Waals surface area contributed by atoms with Crippen molar-refractivity contribution >= 4 is 66.4 Å². The summed E-state index contributed by atoms with van der Waals surface area (Å²) in [6.07, 6.45) is 0. The molecule has 0 aliphatic rings. The van der Waals surface area contributed by atoms with E-state index in [2.05, 4.69) is 277 Å². The quantitative estimate of drug-likeness (QED) is 0.127. The van der Waals surface area contributed by atoms with Crippen molar-refractivity contribution in [2.24, 2.45) is 0 Å². The van der Waals surface area contributed by atoms with Crippen LogP contribution in [0.5, 0.6) is 0 Å². The Hall–Kier alpha value is -8.72. The van der Waals surface area contributed by atoms with Gasteiger partial charge < -0.3 is 9.80 Å². The second-order valence-electron chi connectivity index (χ2n) is 16.9. The average molecular weight is 841 g/mol. The van der Waals surface area contributed by atoms with Gasteiger partial charge in [-0.2, -0.15) is 0 Å². The minimum atomic E-state index is 1.11. The Bertz CT molecular complexity index is 3250. The molecule has 12 aromatic rings. The SMILES string of the molecule is c1ccc(-c2cc(-c3ccc(N(c4ccccc4)c4ccccc4)cc3)c3ccc4c(-c5ccccc5)cc(-c5ccc(N(c6ccccc6)c6ccccc6)cc5)c5ccc2c3c45)cc1. The molecule has 0 saturated carbocycles. The summed E-state index contributed by atoms with van der Waals surface area (Å²) in [5.41, 5.74) is 16.3. The van der Waals surface area contributed by atoms with Crippen molar-refractivity contribution < 1.29 is 0 Å². The monoisotopic (exact) mass is 840 g/mol. The van der Waals surface area contributed by atoms with E-state index in [1.54, 1.807) is 0 Å².